The van der Waals surface area contributed by atoms with Gasteiger partial charge in [0.15, 0.2) is 0 Å². The summed E-state index contributed by atoms with van der Waals surface area (Å²) in [6.45, 7) is 3.73. The maximum absolute atomic E-state index is 12.2. The Balaban J connectivity index is 2.99. The molecule has 0 fully saturated rings. The number of carboxylic acids is 1. The summed E-state index contributed by atoms with van der Waals surface area (Å²) in [6, 6.07) is 5.92. The molecule has 0 aliphatic heterocycles. The molecule has 0 spiro atoms. The molecule has 0 aromatic heterocycles. The standard InChI is InChI=1S/C13H17NO4/c1-4-18-11-8-6-5-7-10(11)12(15)14(3)9(2)13(16)17/h5-9H,4H2,1-3H3,(H,16,17). The molecule has 0 aliphatic rings. The molecule has 0 heterocycles. The van der Waals surface area contributed by atoms with E-state index in [1.807, 2.05) is 6.92 Å². The van der Waals surface area contributed by atoms with Crippen LogP contribution in [-0.4, -0.2) is 41.6 Å². The Kier molecular flexibility index (Phi) is 4.71. The molecule has 1 aromatic rings. The quantitative estimate of drug-likeness (QED) is 0.863. The number of benzene rings is 1. The first-order valence-corrected chi connectivity index (χ1v) is 5.70. The Morgan fingerprint density at radius 3 is 2.56 bits per heavy atom. The highest BCUT2D eigenvalue weighted by Gasteiger charge is 2.24. The summed E-state index contributed by atoms with van der Waals surface area (Å²) in [5, 5.41) is 8.90. The van der Waals surface area contributed by atoms with Crippen LogP contribution in [0.1, 0.15) is 24.2 Å². The smallest absolute Gasteiger partial charge is 0.326 e. The van der Waals surface area contributed by atoms with Crippen LogP contribution in [0.2, 0.25) is 0 Å². The van der Waals surface area contributed by atoms with Crippen molar-refractivity contribution in [1.82, 2.24) is 4.90 Å². The van der Waals surface area contributed by atoms with Gasteiger partial charge in [0.25, 0.3) is 5.91 Å². The van der Waals surface area contributed by atoms with Gasteiger partial charge < -0.3 is 14.7 Å². The number of amides is 1. The fraction of sp³-hybridized carbons (Fsp3) is 0.385. The Morgan fingerprint density at radius 2 is 2.00 bits per heavy atom. The van der Waals surface area contributed by atoms with Crippen molar-refractivity contribution in [3.05, 3.63) is 29.8 Å². The molecule has 0 bridgehead atoms. The summed E-state index contributed by atoms with van der Waals surface area (Å²) in [5.74, 6) is -0.942. The van der Waals surface area contributed by atoms with Gasteiger partial charge >= 0.3 is 5.97 Å². The lowest BCUT2D eigenvalue weighted by atomic mass is 10.1. The van der Waals surface area contributed by atoms with Crippen LogP contribution in [-0.2, 0) is 4.79 Å². The zero-order valence-electron chi connectivity index (χ0n) is 10.7. The highest BCUT2D eigenvalue weighted by molar-refractivity contribution is 5.98. The monoisotopic (exact) mass is 251 g/mol. The number of hydrogen-bond acceptors (Lipinski definition) is 3. The Hall–Kier alpha value is -2.04. The summed E-state index contributed by atoms with van der Waals surface area (Å²) >= 11 is 0. The Labute approximate surface area is 106 Å². The number of likely N-dealkylation sites (N-methyl/N-ethyl adjacent to an activating group) is 1. The van der Waals surface area contributed by atoms with E-state index in [0.717, 1.165) is 0 Å². The predicted molar refractivity (Wildman–Crippen MR) is 66.8 cm³/mol. The second kappa shape index (κ2) is 6.05. The lowest BCUT2D eigenvalue weighted by molar-refractivity contribution is -0.141. The van der Waals surface area contributed by atoms with E-state index in [-0.39, 0.29) is 5.91 Å². The molecule has 1 atom stereocenters. The Morgan fingerprint density at radius 1 is 1.39 bits per heavy atom. The highest BCUT2D eigenvalue weighted by Crippen LogP contribution is 2.20. The fourth-order valence-electron chi connectivity index (χ4n) is 1.46. The van der Waals surface area contributed by atoms with E-state index < -0.39 is 12.0 Å². The van der Waals surface area contributed by atoms with Gasteiger partial charge in [-0.05, 0) is 26.0 Å². The first kappa shape index (κ1) is 14.0. The normalized spacial score (nSPS) is 11.7. The topological polar surface area (TPSA) is 66.8 Å². The summed E-state index contributed by atoms with van der Waals surface area (Å²) in [4.78, 5) is 24.2. The molecule has 98 valence electrons. The van der Waals surface area contributed by atoms with E-state index in [4.69, 9.17) is 9.84 Å². The van der Waals surface area contributed by atoms with E-state index in [9.17, 15) is 9.59 Å². The van der Waals surface area contributed by atoms with Crippen LogP contribution in [0, 0.1) is 0 Å². The zero-order chi connectivity index (χ0) is 13.7. The number of carbonyl (C=O) groups excluding carboxylic acids is 1. The maximum Gasteiger partial charge on any atom is 0.326 e. The number of rotatable bonds is 5. The van der Waals surface area contributed by atoms with Gasteiger partial charge in [0.1, 0.15) is 11.8 Å². The van der Waals surface area contributed by atoms with Crippen LogP contribution in [0.5, 0.6) is 5.75 Å². The van der Waals surface area contributed by atoms with E-state index in [0.29, 0.717) is 17.9 Å². The molecule has 18 heavy (non-hydrogen) atoms. The van der Waals surface area contributed by atoms with Crippen LogP contribution < -0.4 is 4.74 Å². The number of ether oxygens (including phenoxy) is 1. The van der Waals surface area contributed by atoms with Gasteiger partial charge in [-0.15, -0.1) is 0 Å². The summed E-state index contributed by atoms with van der Waals surface area (Å²) < 4.78 is 5.35. The van der Waals surface area contributed by atoms with Crippen LogP contribution in [0.15, 0.2) is 24.3 Å². The van der Waals surface area contributed by atoms with E-state index in [1.54, 1.807) is 24.3 Å². The molecule has 0 saturated carbocycles. The van der Waals surface area contributed by atoms with Gasteiger partial charge in [-0.1, -0.05) is 12.1 Å². The fourth-order valence-corrected chi connectivity index (χ4v) is 1.46. The Bertz CT molecular complexity index is 444. The van der Waals surface area contributed by atoms with Crippen LogP contribution in [0.4, 0.5) is 0 Å². The molecule has 0 radical (unpaired) electrons. The highest BCUT2D eigenvalue weighted by atomic mass is 16.5. The molecule has 1 amide bonds. The molecule has 5 heteroatoms. The number of para-hydroxylation sites is 1. The van der Waals surface area contributed by atoms with Gasteiger partial charge in [0.2, 0.25) is 0 Å². The van der Waals surface area contributed by atoms with Crippen LogP contribution in [0.3, 0.4) is 0 Å². The molecule has 0 saturated heterocycles. The zero-order valence-corrected chi connectivity index (χ0v) is 10.7. The van der Waals surface area contributed by atoms with Gasteiger partial charge in [-0.3, -0.25) is 4.79 Å². The molecule has 1 N–H and O–H groups in total. The predicted octanol–water partition coefficient (Wildman–Crippen LogP) is 1.63. The molecule has 5 nitrogen and oxygen atoms in total. The maximum atomic E-state index is 12.2. The van der Waals surface area contributed by atoms with E-state index in [2.05, 4.69) is 0 Å². The molecular formula is C13H17NO4. The third kappa shape index (κ3) is 3.00. The molecular weight excluding hydrogens is 234 g/mol. The lowest BCUT2D eigenvalue weighted by Crippen LogP contribution is -2.40. The van der Waals surface area contributed by atoms with E-state index in [1.165, 1.54) is 18.9 Å². The van der Waals surface area contributed by atoms with Gasteiger partial charge in [0.05, 0.1) is 12.2 Å². The third-order valence-electron chi connectivity index (χ3n) is 2.68. The first-order valence-electron chi connectivity index (χ1n) is 5.70. The second-order valence-electron chi connectivity index (χ2n) is 3.86. The van der Waals surface area contributed by atoms with Crippen molar-refractivity contribution >= 4 is 11.9 Å². The number of nitrogens with zero attached hydrogens (tertiary/aromatic N) is 1. The largest absolute Gasteiger partial charge is 0.493 e. The van der Waals surface area contributed by atoms with Crippen molar-refractivity contribution in [2.75, 3.05) is 13.7 Å². The van der Waals surface area contributed by atoms with Crippen LogP contribution >= 0.6 is 0 Å². The number of hydrogen-bond donors (Lipinski definition) is 1. The SMILES string of the molecule is CCOc1ccccc1C(=O)N(C)C(C)C(=O)O. The van der Waals surface area contributed by atoms with Crippen LogP contribution in [0.25, 0.3) is 0 Å². The number of aliphatic carboxylic acids is 1. The molecule has 1 rings (SSSR count). The summed E-state index contributed by atoms with van der Waals surface area (Å²) in [6.07, 6.45) is 0. The minimum Gasteiger partial charge on any atom is -0.493 e. The van der Waals surface area contributed by atoms with Crippen molar-refractivity contribution < 1.29 is 19.4 Å². The third-order valence-corrected chi connectivity index (χ3v) is 2.68. The molecule has 1 aromatic carbocycles. The molecule has 0 aliphatic carbocycles. The van der Waals surface area contributed by atoms with Crippen molar-refractivity contribution in [3.63, 3.8) is 0 Å². The minimum atomic E-state index is -1.04. The van der Waals surface area contributed by atoms with Crippen molar-refractivity contribution in [1.29, 1.82) is 0 Å². The minimum absolute atomic E-state index is 0.367. The second-order valence-corrected chi connectivity index (χ2v) is 3.86. The van der Waals surface area contributed by atoms with Crippen molar-refractivity contribution in [3.8, 4) is 5.75 Å². The van der Waals surface area contributed by atoms with Crippen molar-refractivity contribution in [2.45, 2.75) is 19.9 Å². The number of carboxylic acid groups (broad SMARTS) is 1. The summed E-state index contributed by atoms with van der Waals surface area (Å²) in [5.41, 5.74) is 0.370. The lowest BCUT2D eigenvalue weighted by Gasteiger charge is -2.22. The number of carbonyl (C=O) groups is 2. The first-order chi connectivity index (χ1) is 8.49. The average Bonchev–Trinajstić information content (AvgIpc) is 2.37. The van der Waals surface area contributed by atoms with Gasteiger partial charge in [-0.2, -0.15) is 0 Å². The summed E-state index contributed by atoms with van der Waals surface area (Å²) in [7, 11) is 1.46. The van der Waals surface area contributed by atoms with E-state index >= 15 is 0 Å². The average molecular weight is 251 g/mol. The van der Waals surface area contributed by atoms with Crippen molar-refractivity contribution in [2.24, 2.45) is 0 Å². The molecule has 1 unspecified atom stereocenters. The van der Waals surface area contributed by atoms with Gasteiger partial charge in [0, 0.05) is 7.05 Å². The van der Waals surface area contributed by atoms with Gasteiger partial charge in [-0.25, -0.2) is 4.79 Å².